The van der Waals surface area contributed by atoms with Gasteiger partial charge in [-0.25, -0.2) is 9.97 Å². The van der Waals surface area contributed by atoms with E-state index in [1.165, 1.54) is 45.2 Å². The van der Waals surface area contributed by atoms with Crippen LogP contribution in [0.1, 0.15) is 118 Å². The van der Waals surface area contributed by atoms with Crippen LogP contribution in [0.15, 0.2) is 147 Å². The number of pyridine rings is 1. The van der Waals surface area contributed by atoms with Crippen LogP contribution in [0.4, 0.5) is 17.1 Å². The number of rotatable bonds is 20. The number of fused-ring (bicyclic) bond motifs is 1. The second-order valence-electron chi connectivity index (χ2n) is 18.8. The van der Waals surface area contributed by atoms with Gasteiger partial charge in [-0.05, 0) is 125 Å². The molecule has 0 aliphatic carbocycles. The molecule has 6 rings (SSSR count). The van der Waals surface area contributed by atoms with Gasteiger partial charge >= 0.3 is 23.9 Å². The van der Waals surface area contributed by atoms with E-state index < -0.39 is 17.9 Å². The van der Waals surface area contributed by atoms with Crippen molar-refractivity contribution in [3.63, 3.8) is 0 Å². The molecule has 0 saturated carbocycles. The number of nitrogens with one attached hydrogen (secondary N) is 3. The zero-order valence-electron chi connectivity index (χ0n) is 47.3. The number of ether oxygens (including phenoxy) is 1. The molecule has 0 aliphatic heterocycles. The predicted octanol–water partition coefficient (Wildman–Crippen LogP) is 19.4. The minimum absolute atomic E-state index is 0. The van der Waals surface area contributed by atoms with Crippen LogP contribution in [0.3, 0.4) is 0 Å². The predicted molar refractivity (Wildman–Crippen MR) is 382 cm³/mol. The number of nitrogens with zero attached hydrogens (tertiary/aromatic N) is 2. The van der Waals surface area contributed by atoms with Crippen molar-refractivity contribution in [2.45, 2.75) is 156 Å². The molecular weight excluding hydrogens is 1260 g/mol. The maximum absolute atomic E-state index is 11.3. The second-order valence-corrected chi connectivity index (χ2v) is 30.5. The van der Waals surface area contributed by atoms with Crippen molar-refractivity contribution in [3.8, 4) is 0 Å². The van der Waals surface area contributed by atoms with E-state index in [0.717, 1.165) is 37.4 Å². The summed E-state index contributed by atoms with van der Waals surface area (Å²) in [6, 6.07) is 37.8. The van der Waals surface area contributed by atoms with Gasteiger partial charge in [-0.2, -0.15) is 12.6 Å². The Morgan fingerprint density at radius 1 is 0.560 bits per heavy atom. The van der Waals surface area contributed by atoms with Gasteiger partial charge in [0, 0.05) is 85.0 Å². The molecule has 0 atom stereocenters. The van der Waals surface area contributed by atoms with Crippen molar-refractivity contribution in [1.29, 1.82) is 0 Å². The number of carboxylic acids is 3. The van der Waals surface area contributed by atoms with Crippen molar-refractivity contribution in [3.05, 3.63) is 127 Å². The Morgan fingerprint density at radius 3 is 1.30 bits per heavy atom. The lowest BCUT2D eigenvalue weighted by Crippen LogP contribution is -2.19. The zero-order valence-corrected chi connectivity index (χ0v) is 55.5. The highest BCUT2D eigenvalue weighted by molar-refractivity contribution is 8.77. The first-order chi connectivity index (χ1) is 37.4. The molecule has 0 amide bonds. The Labute approximate surface area is 546 Å². The summed E-state index contributed by atoms with van der Waals surface area (Å²) in [5.41, 5.74) is 6.20. The number of aromatic nitrogens is 2. The number of carboxylic acid groups (broad SMARTS) is 3. The summed E-state index contributed by atoms with van der Waals surface area (Å²) in [5, 5.41) is 35.6. The van der Waals surface area contributed by atoms with Crippen LogP contribution in [-0.4, -0.2) is 102 Å². The molecule has 0 fully saturated rings. The smallest absolute Gasteiger partial charge is 0.306 e. The molecule has 14 nitrogen and oxygen atoms in total. The molecule has 0 aliphatic rings. The fourth-order valence-corrected chi connectivity index (χ4v) is 13.6. The highest BCUT2D eigenvalue weighted by atomic mass is 35.5. The van der Waals surface area contributed by atoms with E-state index in [1.807, 2.05) is 171 Å². The number of hydrogen-bond donors (Lipinski definition) is 8. The van der Waals surface area contributed by atoms with Crippen molar-refractivity contribution in [1.82, 2.24) is 9.97 Å². The molecule has 6 aromatic rings. The Kier molecular flexibility index (Phi) is 50.7. The molecule has 84 heavy (non-hydrogen) atoms. The van der Waals surface area contributed by atoms with Crippen LogP contribution < -0.4 is 16.0 Å². The van der Waals surface area contributed by atoms with E-state index in [-0.39, 0.29) is 79.2 Å². The van der Waals surface area contributed by atoms with Gasteiger partial charge in [-0.1, -0.05) is 152 Å². The number of halogens is 1. The maximum atomic E-state index is 11.3. The van der Waals surface area contributed by atoms with E-state index in [4.69, 9.17) is 20.1 Å². The van der Waals surface area contributed by atoms with Crippen LogP contribution in [0.25, 0.3) is 10.2 Å². The Balaban J connectivity index is -0.000000297. The van der Waals surface area contributed by atoms with Gasteiger partial charge in [-0.15, -0.1) is 24.0 Å². The Hall–Kier alpha value is -4.04. The standard InChI is InChI=1S/C13H19NO2S2.C12H17NO2S2.C10H13NO2S2.C7H5NS.C7H9NS.C5H10O2S.C2H3ClO.4CH4/c1-13(2,9-12(15)16-4)18-17-11-8-6-5-7-10(11)14-3;1-12(2,8-11(14)15)17-16-10-7-5-4-6-9(10)13-3;1-10(2,7-9(12)13)15-14-8-5-3-4-6-11-8;1-2-4-7-6(3-1)8-5-9-7;1-8-6-4-2-3-5-7(6)9;1-5(2,8)3-4(6)7;1-2(3)4;;;;/h5-8,14H,9H2,1-4H3;4-7,13H,8H2,1-3H3,(H,14,15);3-6H,7H2,1-2H3,(H,12,13);1-5H;2-5,8-9H,1H3;8H,3H2,1-2H3,(H,6,7);1H3;4*1H4. The molecule has 0 radical (unpaired) electrons. The molecule has 6 N–H and O–H groups in total. The first kappa shape index (κ1) is 88.7. The monoisotopic (exact) mass is 1350 g/mol. The van der Waals surface area contributed by atoms with Crippen molar-refractivity contribution >= 4 is 169 Å². The summed E-state index contributed by atoms with van der Waals surface area (Å²) >= 11 is 14.5. The van der Waals surface area contributed by atoms with Crippen molar-refractivity contribution in [2.75, 3.05) is 44.2 Å². The van der Waals surface area contributed by atoms with Gasteiger partial charge in [0.25, 0.3) is 0 Å². The topological polar surface area (TPSA) is 217 Å². The minimum atomic E-state index is -0.801. The molecule has 472 valence electrons. The normalized spacial score (nSPS) is 10.1. The number of para-hydroxylation sites is 4. The third-order valence-electron chi connectivity index (χ3n) is 8.96. The van der Waals surface area contributed by atoms with Gasteiger partial charge in [-0.3, -0.25) is 24.0 Å². The third kappa shape index (κ3) is 46.2. The molecule has 0 unspecified atom stereocenters. The number of aliphatic carboxylic acids is 3. The molecule has 4 aromatic carbocycles. The van der Waals surface area contributed by atoms with E-state index in [9.17, 15) is 24.0 Å². The van der Waals surface area contributed by atoms with E-state index in [0.29, 0.717) is 6.42 Å². The van der Waals surface area contributed by atoms with E-state index >= 15 is 0 Å². The van der Waals surface area contributed by atoms with Crippen LogP contribution in [0, 0.1) is 0 Å². The average Bonchev–Trinajstić information content (AvgIpc) is 3.87. The van der Waals surface area contributed by atoms with Crippen molar-refractivity contribution in [2.24, 2.45) is 0 Å². The van der Waals surface area contributed by atoms with Crippen molar-refractivity contribution < 1.29 is 44.0 Å². The summed E-state index contributed by atoms with van der Waals surface area (Å²) in [6.07, 6.45) is 2.55. The number of thiazole rings is 1. The van der Waals surface area contributed by atoms with Gasteiger partial charge in [0.2, 0.25) is 5.24 Å². The summed E-state index contributed by atoms with van der Waals surface area (Å²) < 4.78 is 4.87. The highest BCUT2D eigenvalue weighted by Gasteiger charge is 2.26. The lowest BCUT2D eigenvalue weighted by molar-refractivity contribution is -0.141. The highest BCUT2D eigenvalue weighted by Crippen LogP contribution is 2.46. The Bertz CT molecular complexity index is 2720. The molecule has 2 aromatic heterocycles. The molecular formula is C60H92ClN5O9S9. The lowest BCUT2D eigenvalue weighted by atomic mass is 10.1. The van der Waals surface area contributed by atoms with Crippen LogP contribution in [0.5, 0.6) is 0 Å². The first-order valence-electron chi connectivity index (χ1n) is 24.2. The number of hydrogen-bond acceptors (Lipinski definition) is 20. The van der Waals surface area contributed by atoms with Crippen LogP contribution in [-0.2, 0) is 28.7 Å². The lowest BCUT2D eigenvalue weighted by Gasteiger charge is -2.22. The minimum Gasteiger partial charge on any atom is -0.481 e. The summed E-state index contributed by atoms with van der Waals surface area (Å²) in [6.45, 7) is 16.6. The number of benzene rings is 4. The summed E-state index contributed by atoms with van der Waals surface area (Å²) in [5.74, 6) is -2.50. The van der Waals surface area contributed by atoms with Crippen LogP contribution >= 0.6 is 113 Å². The SMILES string of the molecule is C.C.C.C.CC(=O)Cl.CC(C)(CC(=O)O)SSc1ccccn1.CC(C)(S)CC(=O)O.CNc1ccccc1S.CNc1ccccc1SSC(C)(C)CC(=O)O.CNc1ccccc1SSC(C)(C)CC(=O)OC.c1ccc2scnc2c1. The second kappa shape index (κ2) is 48.0. The van der Waals surface area contributed by atoms with Gasteiger partial charge in [0.05, 0.1) is 48.5 Å². The number of carbonyl (C=O) groups is 5. The maximum Gasteiger partial charge on any atom is 0.306 e. The quantitative estimate of drug-likeness (QED) is 0.0154. The van der Waals surface area contributed by atoms with Gasteiger partial charge in [0.1, 0.15) is 5.03 Å². The third-order valence-corrected chi connectivity index (χ3v) is 20.2. The Morgan fingerprint density at radius 2 is 0.940 bits per heavy atom. The largest absolute Gasteiger partial charge is 0.481 e. The van der Waals surface area contributed by atoms with E-state index in [2.05, 4.69) is 74.9 Å². The fraction of sp³-hybridized carbons (Fsp3) is 0.417. The van der Waals surface area contributed by atoms with Crippen LogP contribution in [0.2, 0.25) is 0 Å². The molecule has 0 bridgehead atoms. The van der Waals surface area contributed by atoms with Gasteiger partial charge < -0.3 is 36.0 Å². The average molecular weight is 1350 g/mol. The number of carbonyl (C=O) groups excluding carboxylic acids is 2. The fourth-order valence-electron chi connectivity index (χ4n) is 5.45. The molecule has 0 spiro atoms. The number of anilines is 3. The molecule has 0 saturated heterocycles. The summed E-state index contributed by atoms with van der Waals surface area (Å²) in [7, 11) is 16.7. The number of thiol groups is 2. The zero-order chi connectivity index (χ0) is 61.0. The number of methoxy groups -OCH3 is 1. The molecule has 2 heterocycles. The van der Waals surface area contributed by atoms with E-state index in [1.54, 1.807) is 74.6 Å². The molecule has 24 heteroatoms. The first-order valence-corrected chi connectivity index (χ1v) is 32.8. The number of esters is 1. The summed E-state index contributed by atoms with van der Waals surface area (Å²) in [4.78, 5) is 63.4. The van der Waals surface area contributed by atoms with Gasteiger partial charge in [0.15, 0.2) is 0 Å².